The standard InChI is InChI=1S/C10H7ClN2O3/c11-10-12-7-4-2-1-3-6(7)9(13-10)16-5-8(14)15/h1-4H,5H2,(H,14,15). The average Bonchev–Trinajstić information content (AvgIpc) is 2.25. The summed E-state index contributed by atoms with van der Waals surface area (Å²) in [4.78, 5) is 18.2. The van der Waals surface area contributed by atoms with E-state index in [0.29, 0.717) is 10.9 Å². The lowest BCUT2D eigenvalue weighted by Crippen LogP contribution is -2.10. The van der Waals surface area contributed by atoms with Crippen molar-refractivity contribution in [2.45, 2.75) is 0 Å². The zero-order valence-electron chi connectivity index (χ0n) is 8.05. The minimum atomic E-state index is -1.07. The molecule has 0 spiro atoms. The quantitative estimate of drug-likeness (QED) is 0.825. The molecule has 0 bridgehead atoms. The summed E-state index contributed by atoms with van der Waals surface area (Å²) in [5.41, 5.74) is 0.614. The van der Waals surface area contributed by atoms with Gasteiger partial charge in [0.2, 0.25) is 11.2 Å². The van der Waals surface area contributed by atoms with Crippen LogP contribution in [0.25, 0.3) is 10.9 Å². The molecule has 2 aromatic rings. The third-order valence-corrected chi connectivity index (χ3v) is 2.04. The van der Waals surface area contributed by atoms with Gasteiger partial charge in [-0.1, -0.05) is 12.1 Å². The number of halogens is 1. The fourth-order valence-corrected chi connectivity index (χ4v) is 1.43. The molecule has 0 aliphatic rings. The zero-order chi connectivity index (χ0) is 11.5. The smallest absolute Gasteiger partial charge is 0.341 e. The number of carbonyl (C=O) groups is 1. The number of ether oxygens (including phenoxy) is 1. The van der Waals surface area contributed by atoms with E-state index < -0.39 is 12.6 Å². The van der Waals surface area contributed by atoms with E-state index in [4.69, 9.17) is 21.4 Å². The number of carboxylic acids is 1. The highest BCUT2D eigenvalue weighted by Gasteiger charge is 2.08. The Morgan fingerprint density at radius 3 is 2.88 bits per heavy atom. The van der Waals surface area contributed by atoms with Gasteiger partial charge in [-0.15, -0.1) is 0 Å². The predicted molar refractivity (Wildman–Crippen MR) is 57.7 cm³/mol. The van der Waals surface area contributed by atoms with Gasteiger partial charge in [0.05, 0.1) is 10.9 Å². The first-order chi connectivity index (χ1) is 7.66. The lowest BCUT2D eigenvalue weighted by atomic mass is 10.2. The number of nitrogens with zero attached hydrogens (tertiary/aromatic N) is 2. The maximum atomic E-state index is 10.4. The molecule has 1 aromatic carbocycles. The monoisotopic (exact) mass is 238 g/mol. The number of aliphatic carboxylic acids is 1. The van der Waals surface area contributed by atoms with E-state index >= 15 is 0 Å². The molecule has 2 rings (SSSR count). The first-order valence-corrected chi connectivity index (χ1v) is 4.81. The highest BCUT2D eigenvalue weighted by molar-refractivity contribution is 6.28. The van der Waals surface area contributed by atoms with Gasteiger partial charge in [0, 0.05) is 0 Å². The minimum absolute atomic E-state index is 0.0269. The summed E-state index contributed by atoms with van der Waals surface area (Å²) in [7, 11) is 0. The SMILES string of the molecule is O=C(O)COc1nc(Cl)nc2ccccc12. The van der Waals surface area contributed by atoms with Crippen LogP contribution in [0.15, 0.2) is 24.3 Å². The number of hydrogen-bond donors (Lipinski definition) is 1. The van der Waals surface area contributed by atoms with E-state index in [2.05, 4.69) is 9.97 Å². The average molecular weight is 239 g/mol. The lowest BCUT2D eigenvalue weighted by molar-refractivity contribution is -0.139. The van der Waals surface area contributed by atoms with E-state index in [1.165, 1.54) is 0 Å². The van der Waals surface area contributed by atoms with Crippen LogP contribution in [0.4, 0.5) is 0 Å². The van der Waals surface area contributed by atoms with Crippen LogP contribution in [-0.4, -0.2) is 27.7 Å². The summed E-state index contributed by atoms with van der Waals surface area (Å²) < 4.78 is 5.03. The Bertz CT molecular complexity index is 545. The van der Waals surface area contributed by atoms with Gasteiger partial charge in [-0.2, -0.15) is 4.98 Å². The number of hydrogen-bond acceptors (Lipinski definition) is 4. The fraction of sp³-hybridized carbons (Fsp3) is 0.100. The Hall–Kier alpha value is -1.88. The molecule has 0 saturated carbocycles. The molecule has 1 N–H and O–H groups in total. The summed E-state index contributed by atoms with van der Waals surface area (Å²) in [5, 5.41) is 9.17. The van der Waals surface area contributed by atoms with Crippen molar-refractivity contribution < 1.29 is 14.6 Å². The van der Waals surface area contributed by atoms with Crippen molar-refractivity contribution in [3.63, 3.8) is 0 Å². The molecule has 5 nitrogen and oxygen atoms in total. The van der Waals surface area contributed by atoms with E-state index in [0.717, 1.165) is 0 Å². The molecular formula is C10H7ClN2O3. The van der Waals surface area contributed by atoms with Crippen LogP contribution >= 0.6 is 11.6 Å². The summed E-state index contributed by atoms with van der Waals surface area (Å²) in [6, 6.07) is 7.07. The molecule has 1 heterocycles. The zero-order valence-corrected chi connectivity index (χ0v) is 8.81. The van der Waals surface area contributed by atoms with Crippen LogP contribution in [0.3, 0.4) is 0 Å². The second-order valence-electron chi connectivity index (χ2n) is 3.00. The van der Waals surface area contributed by atoms with E-state index in [1.54, 1.807) is 24.3 Å². The molecular weight excluding hydrogens is 232 g/mol. The third-order valence-electron chi connectivity index (χ3n) is 1.87. The van der Waals surface area contributed by atoms with Crippen LogP contribution in [0, 0.1) is 0 Å². The number of fused-ring (bicyclic) bond motifs is 1. The van der Waals surface area contributed by atoms with Gasteiger partial charge in [-0.25, -0.2) is 9.78 Å². The van der Waals surface area contributed by atoms with Crippen molar-refractivity contribution >= 4 is 28.5 Å². The van der Waals surface area contributed by atoms with Crippen molar-refractivity contribution in [3.8, 4) is 5.88 Å². The van der Waals surface area contributed by atoms with Crippen LogP contribution in [-0.2, 0) is 4.79 Å². The molecule has 0 aliphatic heterocycles. The van der Waals surface area contributed by atoms with E-state index in [-0.39, 0.29) is 11.2 Å². The van der Waals surface area contributed by atoms with Gasteiger partial charge in [0.15, 0.2) is 6.61 Å². The molecule has 0 atom stereocenters. The van der Waals surface area contributed by atoms with Gasteiger partial charge >= 0.3 is 5.97 Å². The Labute approximate surface area is 95.7 Å². The summed E-state index contributed by atoms with van der Waals surface area (Å²) >= 11 is 5.69. The number of para-hydroxylation sites is 1. The van der Waals surface area contributed by atoms with E-state index in [9.17, 15) is 4.79 Å². The Morgan fingerprint density at radius 2 is 2.12 bits per heavy atom. The number of aromatic nitrogens is 2. The highest BCUT2D eigenvalue weighted by atomic mass is 35.5. The topological polar surface area (TPSA) is 72.3 Å². The summed E-state index contributed by atoms with van der Waals surface area (Å²) in [6.45, 7) is -0.461. The fourth-order valence-electron chi connectivity index (χ4n) is 1.26. The van der Waals surface area contributed by atoms with E-state index in [1.807, 2.05) is 0 Å². The Morgan fingerprint density at radius 1 is 1.38 bits per heavy atom. The van der Waals surface area contributed by atoms with Crippen LogP contribution < -0.4 is 4.74 Å². The third kappa shape index (κ3) is 2.20. The number of carboxylic acid groups (broad SMARTS) is 1. The molecule has 6 heteroatoms. The molecule has 0 saturated heterocycles. The molecule has 0 amide bonds. The largest absolute Gasteiger partial charge is 0.479 e. The van der Waals surface area contributed by atoms with Gasteiger partial charge < -0.3 is 9.84 Å². The molecule has 16 heavy (non-hydrogen) atoms. The van der Waals surface area contributed by atoms with Gasteiger partial charge in [-0.05, 0) is 23.7 Å². The molecule has 0 unspecified atom stereocenters. The minimum Gasteiger partial charge on any atom is -0.479 e. The van der Waals surface area contributed by atoms with Crippen LogP contribution in [0.2, 0.25) is 5.28 Å². The van der Waals surface area contributed by atoms with Crippen molar-refractivity contribution in [1.29, 1.82) is 0 Å². The van der Waals surface area contributed by atoms with Crippen molar-refractivity contribution in [2.24, 2.45) is 0 Å². The van der Waals surface area contributed by atoms with Gasteiger partial charge in [-0.3, -0.25) is 0 Å². The van der Waals surface area contributed by atoms with Crippen molar-refractivity contribution in [1.82, 2.24) is 9.97 Å². The first kappa shape index (κ1) is 10.6. The van der Waals surface area contributed by atoms with Crippen LogP contribution in [0.5, 0.6) is 5.88 Å². The molecule has 0 fully saturated rings. The van der Waals surface area contributed by atoms with Crippen molar-refractivity contribution in [2.75, 3.05) is 6.61 Å². The summed E-state index contributed by atoms with van der Waals surface area (Å²) in [5.74, 6) is -0.892. The number of rotatable bonds is 3. The molecule has 1 aromatic heterocycles. The Kier molecular flexibility index (Phi) is 2.87. The first-order valence-electron chi connectivity index (χ1n) is 4.43. The van der Waals surface area contributed by atoms with Crippen LogP contribution in [0.1, 0.15) is 0 Å². The second kappa shape index (κ2) is 4.32. The van der Waals surface area contributed by atoms with Crippen molar-refractivity contribution in [3.05, 3.63) is 29.5 Å². The number of benzene rings is 1. The maximum Gasteiger partial charge on any atom is 0.341 e. The highest BCUT2D eigenvalue weighted by Crippen LogP contribution is 2.23. The van der Waals surface area contributed by atoms with Gasteiger partial charge in [0.25, 0.3) is 0 Å². The second-order valence-corrected chi connectivity index (χ2v) is 3.34. The molecule has 82 valence electrons. The molecule has 0 aliphatic carbocycles. The van der Waals surface area contributed by atoms with Gasteiger partial charge in [0.1, 0.15) is 0 Å². The lowest BCUT2D eigenvalue weighted by Gasteiger charge is -2.05. The predicted octanol–water partition coefficient (Wildman–Crippen LogP) is 1.75. The maximum absolute atomic E-state index is 10.4. The summed E-state index contributed by atoms with van der Waals surface area (Å²) in [6.07, 6.45) is 0. The molecule has 0 radical (unpaired) electrons. The normalized spacial score (nSPS) is 10.3. The Balaban J connectivity index is 2.46.